The molecule has 3 amide bonds. The first-order valence-corrected chi connectivity index (χ1v) is 12.5. The minimum absolute atomic E-state index is 0.0940. The minimum atomic E-state index is -0.699. The van der Waals surface area contributed by atoms with Gasteiger partial charge in [-0.1, -0.05) is 18.2 Å². The van der Waals surface area contributed by atoms with Crippen molar-refractivity contribution in [2.75, 3.05) is 42.5 Å². The Morgan fingerprint density at radius 3 is 2.41 bits per heavy atom. The summed E-state index contributed by atoms with van der Waals surface area (Å²) < 4.78 is 25.7. The van der Waals surface area contributed by atoms with E-state index in [2.05, 4.69) is 9.97 Å². The largest absolute Gasteiger partial charge is 0.443 e. The molecule has 3 heterocycles. The maximum Gasteiger partial charge on any atom is 0.415 e. The van der Waals surface area contributed by atoms with Crippen molar-refractivity contribution in [3.8, 4) is 16.9 Å². The van der Waals surface area contributed by atoms with Gasteiger partial charge < -0.3 is 25.0 Å². The number of aromatic nitrogens is 2. The Hall–Kier alpha value is -4.74. The number of piperazine rings is 1. The van der Waals surface area contributed by atoms with Crippen LogP contribution in [-0.2, 0) is 9.53 Å². The predicted octanol–water partition coefficient (Wildman–Crippen LogP) is 3.05. The molecule has 12 heteroatoms. The molecule has 39 heavy (non-hydrogen) atoms. The molecule has 2 aliphatic heterocycles. The van der Waals surface area contributed by atoms with E-state index in [1.54, 1.807) is 42.2 Å². The number of halogens is 1. The number of hydrogen-bond donors (Lipinski definition) is 1. The first kappa shape index (κ1) is 25.9. The zero-order valence-corrected chi connectivity index (χ0v) is 21.2. The van der Waals surface area contributed by atoms with Crippen molar-refractivity contribution < 1.29 is 28.2 Å². The minimum Gasteiger partial charge on any atom is -0.443 e. The van der Waals surface area contributed by atoms with Crippen LogP contribution >= 0.6 is 0 Å². The summed E-state index contributed by atoms with van der Waals surface area (Å²) in [6.07, 6.45) is 1.29. The third kappa shape index (κ3) is 5.59. The molecule has 2 fully saturated rings. The zero-order chi connectivity index (χ0) is 27.5. The summed E-state index contributed by atoms with van der Waals surface area (Å²) in [5, 5.41) is 0. The van der Waals surface area contributed by atoms with E-state index in [-0.39, 0.29) is 12.1 Å². The lowest BCUT2D eigenvalue weighted by molar-refractivity contribution is -0.123. The quantitative estimate of drug-likeness (QED) is 0.511. The maximum atomic E-state index is 15.1. The summed E-state index contributed by atoms with van der Waals surface area (Å²) in [7, 11) is 0. The molecule has 2 N–H and O–H groups in total. The van der Waals surface area contributed by atoms with Crippen LogP contribution in [0.25, 0.3) is 11.1 Å². The summed E-state index contributed by atoms with van der Waals surface area (Å²) in [5.41, 5.74) is 6.36. The van der Waals surface area contributed by atoms with Crippen LogP contribution in [0.3, 0.4) is 0 Å². The summed E-state index contributed by atoms with van der Waals surface area (Å²) in [6, 6.07) is 13.3. The van der Waals surface area contributed by atoms with Crippen molar-refractivity contribution in [1.82, 2.24) is 14.9 Å². The highest BCUT2D eigenvalue weighted by atomic mass is 19.1. The fourth-order valence-electron chi connectivity index (χ4n) is 4.41. The molecule has 202 valence electrons. The van der Waals surface area contributed by atoms with Gasteiger partial charge in [-0.3, -0.25) is 9.69 Å². The van der Waals surface area contributed by atoms with Crippen LogP contribution in [0.1, 0.15) is 6.92 Å². The molecule has 2 atom stereocenters. The molecule has 11 nitrogen and oxygen atoms in total. The third-order valence-electron chi connectivity index (χ3n) is 6.82. The second kappa shape index (κ2) is 10.9. The van der Waals surface area contributed by atoms with E-state index >= 15 is 4.39 Å². The number of rotatable bonds is 6. The Morgan fingerprint density at radius 1 is 1.08 bits per heavy atom. The van der Waals surface area contributed by atoms with E-state index < -0.39 is 35.9 Å². The number of cyclic esters (lactones) is 1. The van der Waals surface area contributed by atoms with Crippen molar-refractivity contribution in [3.63, 3.8) is 0 Å². The third-order valence-corrected chi connectivity index (χ3v) is 6.82. The number of benzene rings is 2. The van der Waals surface area contributed by atoms with Crippen LogP contribution in [0.2, 0.25) is 0 Å². The summed E-state index contributed by atoms with van der Waals surface area (Å²) in [5.74, 6) is -0.835. The van der Waals surface area contributed by atoms with E-state index in [0.717, 1.165) is 0 Å². The second-order valence-electron chi connectivity index (χ2n) is 9.31. The number of nitrogens with zero attached hydrogens (tertiary/aromatic N) is 5. The molecular weight excluding hydrogens is 507 g/mol. The lowest BCUT2D eigenvalue weighted by Crippen LogP contribution is -2.50. The first-order valence-electron chi connectivity index (χ1n) is 12.5. The van der Waals surface area contributed by atoms with Gasteiger partial charge in [0.2, 0.25) is 11.9 Å². The average Bonchev–Trinajstić information content (AvgIpc) is 3.34. The van der Waals surface area contributed by atoms with Gasteiger partial charge in [0, 0.05) is 49.7 Å². The van der Waals surface area contributed by atoms with Crippen LogP contribution < -0.4 is 20.3 Å². The number of carbonyl (C=O) groups is 3. The Bertz CT molecular complexity index is 1360. The second-order valence-corrected chi connectivity index (χ2v) is 9.31. The average molecular weight is 535 g/mol. The molecule has 1 unspecified atom stereocenters. The van der Waals surface area contributed by atoms with E-state index in [0.29, 0.717) is 49.1 Å². The molecule has 0 radical (unpaired) electrons. The fraction of sp³-hybridized carbons (Fsp3) is 0.296. The van der Waals surface area contributed by atoms with E-state index in [1.165, 1.54) is 29.4 Å². The van der Waals surface area contributed by atoms with Gasteiger partial charge in [0.1, 0.15) is 17.7 Å². The topological polar surface area (TPSA) is 131 Å². The lowest BCUT2D eigenvalue weighted by Gasteiger charge is -2.34. The van der Waals surface area contributed by atoms with Crippen molar-refractivity contribution >= 4 is 29.7 Å². The van der Waals surface area contributed by atoms with Gasteiger partial charge in [0.05, 0.1) is 18.2 Å². The molecule has 1 aromatic heterocycles. The lowest BCUT2D eigenvalue weighted by atomic mass is 10.0. The predicted molar refractivity (Wildman–Crippen MR) is 140 cm³/mol. The molecule has 3 aromatic rings. The smallest absolute Gasteiger partial charge is 0.415 e. The molecule has 2 aromatic carbocycles. The van der Waals surface area contributed by atoms with Gasteiger partial charge in [-0.25, -0.2) is 23.9 Å². The highest BCUT2D eigenvalue weighted by Crippen LogP contribution is 2.30. The van der Waals surface area contributed by atoms with Gasteiger partial charge in [0.15, 0.2) is 0 Å². The fourth-order valence-corrected chi connectivity index (χ4v) is 4.41. The number of amides is 3. The Kier molecular flexibility index (Phi) is 7.26. The molecule has 2 aliphatic rings. The number of para-hydroxylation sites is 1. The molecule has 5 rings (SSSR count). The van der Waals surface area contributed by atoms with Gasteiger partial charge in [0.25, 0.3) is 0 Å². The monoisotopic (exact) mass is 534 g/mol. The molecule has 0 bridgehead atoms. The SMILES string of the molecule is C[C@H](C(N)=O)C1CN(c2ccc(-c3cnc(N4CCN(C(=O)Oc5ccccc5)CC4)nc3)c(F)c2)C(=O)O1. The number of hydrogen-bond acceptors (Lipinski definition) is 8. The van der Waals surface area contributed by atoms with E-state index in [9.17, 15) is 14.4 Å². The molecule has 2 saturated heterocycles. The molecular formula is C27H27FN6O5. The van der Waals surface area contributed by atoms with Gasteiger partial charge in [-0.15, -0.1) is 0 Å². The highest BCUT2D eigenvalue weighted by Gasteiger charge is 2.38. The number of anilines is 2. The molecule has 0 spiro atoms. The Morgan fingerprint density at radius 2 is 1.77 bits per heavy atom. The van der Waals surface area contributed by atoms with E-state index in [1.807, 2.05) is 11.0 Å². The standard InChI is InChI=1S/C27H27FN6O5/c1-17(24(29)35)23-16-34(27(37)39-23)19-7-8-21(22(28)13-19)18-14-30-25(31-15-18)32-9-11-33(12-10-32)26(36)38-20-5-3-2-4-6-20/h2-8,13-15,17,23H,9-12,16H2,1H3,(H2,29,35)/t17-,23?/m0/s1. The van der Waals surface area contributed by atoms with Crippen LogP contribution in [0.5, 0.6) is 5.75 Å². The van der Waals surface area contributed by atoms with E-state index in [4.69, 9.17) is 15.2 Å². The Labute approximate surface area is 223 Å². The summed E-state index contributed by atoms with van der Waals surface area (Å²) >= 11 is 0. The van der Waals surface area contributed by atoms with Crippen molar-refractivity contribution in [2.45, 2.75) is 13.0 Å². The Balaban J connectivity index is 1.20. The van der Waals surface area contributed by atoms with Gasteiger partial charge >= 0.3 is 12.2 Å². The first-order chi connectivity index (χ1) is 18.8. The van der Waals surface area contributed by atoms with Crippen LogP contribution in [0.15, 0.2) is 60.9 Å². The maximum absolute atomic E-state index is 15.1. The van der Waals surface area contributed by atoms with Crippen LogP contribution in [-0.4, -0.2) is 71.8 Å². The van der Waals surface area contributed by atoms with Gasteiger partial charge in [-0.2, -0.15) is 0 Å². The van der Waals surface area contributed by atoms with Crippen LogP contribution in [0, 0.1) is 11.7 Å². The highest BCUT2D eigenvalue weighted by molar-refractivity contribution is 5.91. The zero-order valence-electron chi connectivity index (χ0n) is 21.2. The molecule has 0 aliphatic carbocycles. The van der Waals surface area contributed by atoms with Crippen LogP contribution in [0.4, 0.5) is 25.6 Å². The number of carbonyl (C=O) groups excluding carboxylic acids is 3. The number of ether oxygens (including phenoxy) is 2. The number of nitrogens with two attached hydrogens (primary N) is 1. The summed E-state index contributed by atoms with van der Waals surface area (Å²) in [4.78, 5) is 49.8. The van der Waals surface area contributed by atoms with Crippen molar-refractivity contribution in [2.24, 2.45) is 11.7 Å². The van der Waals surface area contributed by atoms with Crippen molar-refractivity contribution in [1.29, 1.82) is 0 Å². The molecule has 0 saturated carbocycles. The van der Waals surface area contributed by atoms with Gasteiger partial charge in [-0.05, 0) is 37.3 Å². The normalized spacial score (nSPS) is 18.1. The van der Waals surface area contributed by atoms with Crippen molar-refractivity contribution in [3.05, 3.63) is 66.7 Å². The summed E-state index contributed by atoms with van der Waals surface area (Å²) in [6.45, 7) is 3.62. The number of primary amides is 1.